The van der Waals surface area contributed by atoms with Crippen LogP contribution in [-0.4, -0.2) is 76.2 Å². The molecule has 4 N–H and O–H groups in total. The summed E-state index contributed by atoms with van der Waals surface area (Å²) >= 11 is 0. The Morgan fingerprint density at radius 2 is 0.796 bits per heavy atom. The Morgan fingerprint density at radius 3 is 1.07 bits per heavy atom. The van der Waals surface area contributed by atoms with Crippen LogP contribution in [0, 0.1) is 74.1 Å². The highest BCUT2D eigenvalue weighted by Gasteiger charge is 2.19. The van der Waals surface area contributed by atoms with Crippen LogP contribution >= 0.6 is 0 Å². The van der Waals surface area contributed by atoms with Gasteiger partial charge in [-0.25, -0.2) is 0 Å². The van der Waals surface area contributed by atoms with Gasteiger partial charge in [0, 0.05) is 48.2 Å². The number of carbonyl (C=O) groups is 4. The van der Waals surface area contributed by atoms with E-state index < -0.39 is 11.8 Å². The summed E-state index contributed by atoms with van der Waals surface area (Å²) < 4.78 is 22.8. The average Bonchev–Trinajstić information content (AvgIpc) is 3.18. The van der Waals surface area contributed by atoms with Crippen LogP contribution in [0.5, 0.6) is 23.0 Å². The van der Waals surface area contributed by atoms with Gasteiger partial charge in [-0.2, -0.15) is 0 Å². The molecule has 0 aliphatic rings. The molecule has 0 unspecified atom stereocenters. The zero-order chi connectivity index (χ0) is 39.6. The fraction of sp³-hybridized carbons (Fsp3) is 0.333. The standard InChI is InChI=1S/C42H42N4O8/c1-7-19-45-41(49)31-27-35(51-23-9-3)33(36(28-31)52-24-10-4)15-13-21-43-39(47)17-18-40(48)44-22-14-16-34-37(53-25-11-5)29-32(42(50)46-20-8-2)30-38(34)54-26-12-6/h1-6,27-30H,13-26H2,(H,43,47)(H,44,48)(H,45,49)(H,46,50). The Kier molecular flexibility index (Phi) is 19.9. The lowest BCUT2D eigenvalue weighted by Crippen LogP contribution is -2.29. The molecule has 0 aliphatic carbocycles. The lowest BCUT2D eigenvalue weighted by Gasteiger charge is -2.17. The number of carbonyl (C=O) groups excluding carboxylic acids is 4. The fourth-order valence-electron chi connectivity index (χ4n) is 4.84. The van der Waals surface area contributed by atoms with Crippen LogP contribution in [0.2, 0.25) is 0 Å². The zero-order valence-electron chi connectivity index (χ0n) is 29.9. The third kappa shape index (κ3) is 15.0. The van der Waals surface area contributed by atoms with Crippen molar-refractivity contribution in [1.82, 2.24) is 21.3 Å². The number of nitrogens with one attached hydrogen (secondary N) is 4. The number of ether oxygens (including phenoxy) is 4. The molecule has 2 aromatic rings. The van der Waals surface area contributed by atoms with Crippen molar-refractivity contribution in [3.8, 4) is 97.1 Å². The van der Waals surface area contributed by atoms with Gasteiger partial charge in [0.2, 0.25) is 11.8 Å². The van der Waals surface area contributed by atoms with Crippen LogP contribution in [0.15, 0.2) is 24.3 Å². The van der Waals surface area contributed by atoms with E-state index in [0.29, 0.717) is 59.8 Å². The number of amides is 4. The minimum absolute atomic E-state index is 0.0300. The minimum atomic E-state index is -0.429. The number of rotatable bonds is 23. The van der Waals surface area contributed by atoms with Gasteiger partial charge in [-0.1, -0.05) is 35.5 Å². The molecule has 2 aromatic carbocycles. The molecule has 0 atom stereocenters. The molecule has 0 aromatic heterocycles. The highest BCUT2D eigenvalue weighted by atomic mass is 16.5. The smallest absolute Gasteiger partial charge is 0.252 e. The quantitative estimate of drug-likeness (QED) is 0.100. The van der Waals surface area contributed by atoms with Gasteiger partial charge >= 0.3 is 0 Å². The SMILES string of the molecule is C#CCNC(=O)c1cc(OCC#C)c(CCCNC(=O)CCC(=O)NCCCc2c(OCC#C)cc(C(=O)NCC#C)cc2OCC#C)c(OCC#C)c1. The Morgan fingerprint density at radius 1 is 0.481 bits per heavy atom. The lowest BCUT2D eigenvalue weighted by molar-refractivity contribution is -0.126. The number of hydrogen-bond acceptors (Lipinski definition) is 8. The first-order valence-electron chi connectivity index (χ1n) is 16.8. The summed E-state index contributed by atoms with van der Waals surface area (Å²) in [6.07, 6.45) is 33.7. The molecule has 0 saturated carbocycles. The summed E-state index contributed by atoms with van der Waals surface area (Å²) in [5.74, 6) is 14.1. The second-order valence-corrected chi connectivity index (χ2v) is 11.1. The summed E-state index contributed by atoms with van der Waals surface area (Å²) in [7, 11) is 0. The van der Waals surface area contributed by atoms with Crippen molar-refractivity contribution in [1.29, 1.82) is 0 Å². The van der Waals surface area contributed by atoms with Crippen molar-refractivity contribution in [3.63, 3.8) is 0 Å². The van der Waals surface area contributed by atoms with Crippen LogP contribution in [0.25, 0.3) is 0 Å². The van der Waals surface area contributed by atoms with Gasteiger partial charge in [-0.15, -0.1) is 38.5 Å². The Hall–Kier alpha value is -7.12. The minimum Gasteiger partial charge on any atom is -0.481 e. The molecular formula is C42H42N4O8. The zero-order valence-corrected chi connectivity index (χ0v) is 29.9. The summed E-state index contributed by atoms with van der Waals surface area (Å²) in [6.45, 7) is 0.419. The van der Waals surface area contributed by atoms with Gasteiger partial charge in [0.25, 0.3) is 11.8 Å². The maximum absolute atomic E-state index is 12.6. The third-order valence-corrected chi connectivity index (χ3v) is 7.24. The van der Waals surface area contributed by atoms with Crippen molar-refractivity contribution in [2.24, 2.45) is 0 Å². The number of benzene rings is 2. The van der Waals surface area contributed by atoms with Crippen LogP contribution in [0.1, 0.15) is 57.5 Å². The van der Waals surface area contributed by atoms with Gasteiger partial charge in [0.05, 0.1) is 13.1 Å². The monoisotopic (exact) mass is 730 g/mol. The maximum atomic E-state index is 12.6. The molecule has 278 valence electrons. The molecule has 0 saturated heterocycles. The van der Waals surface area contributed by atoms with Gasteiger partial charge in [-0.3, -0.25) is 19.2 Å². The summed E-state index contributed by atoms with van der Waals surface area (Å²) in [5, 5.41) is 10.8. The molecule has 2 rings (SSSR count). The third-order valence-electron chi connectivity index (χ3n) is 7.24. The lowest BCUT2D eigenvalue weighted by atomic mass is 10.0. The van der Waals surface area contributed by atoms with Crippen molar-refractivity contribution in [2.45, 2.75) is 38.5 Å². The van der Waals surface area contributed by atoms with E-state index in [1.807, 2.05) is 0 Å². The van der Waals surface area contributed by atoms with Crippen molar-refractivity contribution >= 4 is 23.6 Å². The molecule has 0 aliphatic heterocycles. The fourth-order valence-corrected chi connectivity index (χ4v) is 4.84. The van der Waals surface area contributed by atoms with E-state index in [0.717, 1.165) is 0 Å². The van der Waals surface area contributed by atoms with E-state index in [4.69, 9.17) is 57.5 Å². The molecule has 54 heavy (non-hydrogen) atoms. The van der Waals surface area contributed by atoms with E-state index in [1.54, 1.807) is 0 Å². The van der Waals surface area contributed by atoms with E-state index >= 15 is 0 Å². The molecule has 0 heterocycles. The number of terminal acetylenes is 6. The maximum Gasteiger partial charge on any atom is 0.252 e. The van der Waals surface area contributed by atoms with Gasteiger partial charge in [-0.05, 0) is 49.9 Å². The molecule has 12 heteroatoms. The summed E-state index contributed by atoms with van der Waals surface area (Å²) in [5.41, 5.74) is 1.73. The van der Waals surface area contributed by atoms with Crippen LogP contribution in [0.3, 0.4) is 0 Å². The van der Waals surface area contributed by atoms with E-state index in [1.165, 1.54) is 24.3 Å². The molecule has 4 amide bonds. The highest BCUT2D eigenvalue weighted by Crippen LogP contribution is 2.33. The summed E-state index contributed by atoms with van der Waals surface area (Å²) in [6, 6.07) is 6.15. The predicted octanol–water partition coefficient (Wildman–Crippen LogP) is 2.04. The van der Waals surface area contributed by atoms with Gasteiger partial charge in [0.15, 0.2) is 0 Å². The topological polar surface area (TPSA) is 153 Å². The predicted molar refractivity (Wildman–Crippen MR) is 204 cm³/mol. The Balaban J connectivity index is 1.94. The summed E-state index contributed by atoms with van der Waals surface area (Å²) in [4.78, 5) is 50.2. The van der Waals surface area contributed by atoms with E-state index in [-0.39, 0.29) is 88.4 Å². The van der Waals surface area contributed by atoms with Crippen LogP contribution in [-0.2, 0) is 22.4 Å². The first kappa shape index (κ1) is 43.0. The molecule has 0 radical (unpaired) electrons. The average molecular weight is 731 g/mol. The highest BCUT2D eigenvalue weighted by molar-refractivity contribution is 5.96. The van der Waals surface area contributed by atoms with Crippen molar-refractivity contribution in [3.05, 3.63) is 46.5 Å². The molecular weight excluding hydrogens is 688 g/mol. The van der Waals surface area contributed by atoms with Crippen molar-refractivity contribution < 1.29 is 38.1 Å². The molecule has 0 spiro atoms. The molecule has 12 nitrogen and oxygen atoms in total. The van der Waals surface area contributed by atoms with E-state index in [9.17, 15) is 19.2 Å². The van der Waals surface area contributed by atoms with E-state index in [2.05, 4.69) is 56.8 Å². The molecule has 0 bridgehead atoms. The van der Waals surface area contributed by atoms with Gasteiger partial charge < -0.3 is 40.2 Å². The van der Waals surface area contributed by atoms with Crippen molar-refractivity contribution in [2.75, 3.05) is 52.6 Å². The largest absolute Gasteiger partial charge is 0.481 e. The first-order valence-corrected chi connectivity index (χ1v) is 16.8. The normalized spacial score (nSPS) is 9.59. The second kappa shape index (κ2) is 24.9. The molecule has 0 fully saturated rings. The Bertz CT molecular complexity index is 1680. The second-order valence-electron chi connectivity index (χ2n) is 11.1. The van der Waals surface area contributed by atoms with Crippen LogP contribution in [0.4, 0.5) is 0 Å². The van der Waals surface area contributed by atoms with Gasteiger partial charge in [0.1, 0.15) is 49.4 Å². The number of hydrogen-bond donors (Lipinski definition) is 4. The van der Waals surface area contributed by atoms with Crippen LogP contribution < -0.4 is 40.2 Å². The first-order chi connectivity index (χ1) is 26.2. The Labute approximate surface area is 317 Å².